The van der Waals surface area contributed by atoms with Crippen LogP contribution in [0.5, 0.6) is 0 Å². The number of aromatic nitrogens is 2. The number of nitrogens with zero attached hydrogens (tertiary/aromatic N) is 3. The van der Waals surface area contributed by atoms with Gasteiger partial charge in [0, 0.05) is 26.8 Å². The van der Waals surface area contributed by atoms with Gasteiger partial charge in [0.2, 0.25) is 0 Å². The highest BCUT2D eigenvalue weighted by molar-refractivity contribution is 5.93. The Morgan fingerprint density at radius 2 is 2.38 bits per heavy atom. The third-order valence-electron chi connectivity index (χ3n) is 2.07. The summed E-state index contributed by atoms with van der Waals surface area (Å²) in [7, 11) is 3.32. The summed E-state index contributed by atoms with van der Waals surface area (Å²) in [6.07, 6.45) is 3.49. The molecule has 0 aromatic carbocycles. The van der Waals surface area contributed by atoms with Crippen molar-refractivity contribution in [2.24, 2.45) is 5.73 Å². The molecule has 1 amide bonds. The monoisotopic (exact) mass is 226 g/mol. The molecule has 88 valence electrons. The third-order valence-corrected chi connectivity index (χ3v) is 2.07. The van der Waals surface area contributed by atoms with Crippen molar-refractivity contribution in [3.8, 4) is 0 Å². The van der Waals surface area contributed by atoms with Crippen molar-refractivity contribution >= 4 is 5.91 Å². The van der Waals surface area contributed by atoms with Gasteiger partial charge in [0.15, 0.2) is 0 Å². The number of halogens is 1. The van der Waals surface area contributed by atoms with Gasteiger partial charge in [-0.1, -0.05) is 0 Å². The zero-order valence-corrected chi connectivity index (χ0v) is 9.35. The molecule has 1 aromatic heterocycles. The Bertz CT molecular complexity index is 397. The van der Waals surface area contributed by atoms with Gasteiger partial charge in [-0.3, -0.25) is 9.48 Å². The molecule has 0 bridgehead atoms. The zero-order chi connectivity index (χ0) is 12.1. The Labute approximate surface area is 93.3 Å². The van der Waals surface area contributed by atoms with Crippen LogP contribution in [0.4, 0.5) is 4.39 Å². The van der Waals surface area contributed by atoms with Crippen LogP contribution in [0.1, 0.15) is 10.4 Å². The molecule has 0 saturated carbocycles. The second-order valence-electron chi connectivity index (χ2n) is 3.60. The highest BCUT2D eigenvalue weighted by Gasteiger charge is 2.10. The lowest BCUT2D eigenvalue weighted by Crippen LogP contribution is -2.21. The quantitative estimate of drug-likeness (QED) is 0.808. The lowest BCUT2D eigenvalue weighted by atomic mass is 10.3. The van der Waals surface area contributed by atoms with Gasteiger partial charge in [-0.15, -0.1) is 0 Å². The molecule has 0 spiro atoms. The predicted octanol–water partition coefficient (Wildman–Crippen LogP) is 0.397. The molecule has 0 aliphatic rings. The SMILES string of the molecule is CN(C)C(=O)c1cnn(C/C(=C/F)CN)c1. The number of amides is 1. The molecule has 1 aromatic rings. The van der Waals surface area contributed by atoms with Gasteiger partial charge >= 0.3 is 0 Å². The summed E-state index contributed by atoms with van der Waals surface area (Å²) in [6.45, 7) is 0.390. The Morgan fingerprint density at radius 1 is 1.69 bits per heavy atom. The minimum Gasteiger partial charge on any atom is -0.345 e. The summed E-state index contributed by atoms with van der Waals surface area (Å²) in [4.78, 5) is 13.0. The Kier molecular flexibility index (Phi) is 4.19. The summed E-state index contributed by atoms with van der Waals surface area (Å²) in [5.74, 6) is -0.134. The van der Waals surface area contributed by atoms with Crippen LogP contribution >= 0.6 is 0 Å². The van der Waals surface area contributed by atoms with Gasteiger partial charge in [0.05, 0.1) is 24.6 Å². The second-order valence-corrected chi connectivity index (χ2v) is 3.60. The van der Waals surface area contributed by atoms with E-state index in [1.54, 1.807) is 20.3 Å². The number of carbonyl (C=O) groups is 1. The first-order valence-electron chi connectivity index (χ1n) is 4.80. The maximum absolute atomic E-state index is 12.3. The molecule has 0 fully saturated rings. The number of hydrogen-bond donors (Lipinski definition) is 1. The maximum atomic E-state index is 12.3. The molecule has 5 nitrogen and oxygen atoms in total. The number of hydrogen-bond acceptors (Lipinski definition) is 3. The molecule has 0 saturated heterocycles. The van der Waals surface area contributed by atoms with Crippen LogP contribution in [0.2, 0.25) is 0 Å². The molecule has 1 rings (SSSR count). The lowest BCUT2D eigenvalue weighted by molar-refractivity contribution is 0.0827. The molecular weight excluding hydrogens is 211 g/mol. The van der Waals surface area contributed by atoms with E-state index in [0.717, 1.165) is 0 Å². The highest BCUT2D eigenvalue weighted by Crippen LogP contribution is 2.04. The minimum atomic E-state index is -0.134. The smallest absolute Gasteiger partial charge is 0.256 e. The van der Waals surface area contributed by atoms with Gasteiger partial charge in [-0.25, -0.2) is 4.39 Å². The molecule has 2 N–H and O–H groups in total. The van der Waals surface area contributed by atoms with Gasteiger partial charge < -0.3 is 10.6 Å². The second kappa shape index (κ2) is 5.41. The van der Waals surface area contributed by atoms with Crippen molar-refractivity contribution in [1.29, 1.82) is 0 Å². The molecule has 0 radical (unpaired) electrons. The van der Waals surface area contributed by atoms with E-state index in [1.165, 1.54) is 15.8 Å². The lowest BCUT2D eigenvalue weighted by Gasteiger charge is -2.07. The molecule has 1 heterocycles. The molecule has 0 aliphatic heterocycles. The minimum absolute atomic E-state index is 0.132. The largest absolute Gasteiger partial charge is 0.345 e. The zero-order valence-electron chi connectivity index (χ0n) is 9.35. The molecule has 0 aliphatic carbocycles. The molecule has 0 unspecified atom stereocenters. The van der Waals surface area contributed by atoms with Crippen molar-refractivity contribution in [1.82, 2.24) is 14.7 Å². The van der Waals surface area contributed by atoms with Gasteiger partial charge in [-0.05, 0) is 5.57 Å². The number of nitrogens with two attached hydrogens (primary N) is 1. The van der Waals surface area contributed by atoms with Crippen LogP contribution in [0, 0.1) is 0 Å². The Balaban J connectivity index is 2.76. The Morgan fingerprint density at radius 3 is 2.88 bits per heavy atom. The molecular formula is C10H15FN4O. The van der Waals surface area contributed by atoms with E-state index in [-0.39, 0.29) is 19.0 Å². The van der Waals surface area contributed by atoms with E-state index in [9.17, 15) is 9.18 Å². The first-order valence-corrected chi connectivity index (χ1v) is 4.80. The summed E-state index contributed by atoms with van der Waals surface area (Å²) >= 11 is 0. The van der Waals surface area contributed by atoms with E-state index in [0.29, 0.717) is 17.5 Å². The fourth-order valence-corrected chi connectivity index (χ4v) is 1.17. The maximum Gasteiger partial charge on any atom is 0.256 e. The summed E-state index contributed by atoms with van der Waals surface area (Å²) in [5.41, 5.74) is 6.22. The van der Waals surface area contributed by atoms with Crippen molar-refractivity contribution in [3.05, 3.63) is 29.9 Å². The first-order chi connectivity index (χ1) is 7.58. The van der Waals surface area contributed by atoms with Gasteiger partial charge in [0.1, 0.15) is 0 Å². The fourth-order valence-electron chi connectivity index (χ4n) is 1.17. The van der Waals surface area contributed by atoms with E-state index in [4.69, 9.17) is 5.73 Å². The molecule has 16 heavy (non-hydrogen) atoms. The standard InChI is InChI=1S/C10H15FN4O/c1-14(2)10(16)9-5-13-15(7-9)6-8(3-11)4-12/h3,5,7H,4,6,12H2,1-2H3/b8-3+. The van der Waals surface area contributed by atoms with Crippen LogP contribution in [0.25, 0.3) is 0 Å². The van der Waals surface area contributed by atoms with Crippen LogP contribution in [-0.2, 0) is 6.54 Å². The van der Waals surface area contributed by atoms with Gasteiger partial charge in [-0.2, -0.15) is 5.10 Å². The van der Waals surface area contributed by atoms with Crippen LogP contribution in [0.3, 0.4) is 0 Å². The molecule has 6 heteroatoms. The molecule has 0 atom stereocenters. The average molecular weight is 226 g/mol. The Hall–Kier alpha value is -1.69. The van der Waals surface area contributed by atoms with E-state index < -0.39 is 0 Å². The van der Waals surface area contributed by atoms with E-state index in [1.807, 2.05) is 0 Å². The van der Waals surface area contributed by atoms with E-state index >= 15 is 0 Å². The summed E-state index contributed by atoms with van der Waals surface area (Å²) < 4.78 is 13.8. The van der Waals surface area contributed by atoms with Crippen molar-refractivity contribution in [2.45, 2.75) is 6.54 Å². The third kappa shape index (κ3) is 2.90. The van der Waals surface area contributed by atoms with Crippen LogP contribution in [-0.4, -0.2) is 41.2 Å². The van der Waals surface area contributed by atoms with Crippen molar-refractivity contribution in [3.63, 3.8) is 0 Å². The average Bonchev–Trinajstić information content (AvgIpc) is 2.73. The summed E-state index contributed by atoms with van der Waals surface area (Å²) in [6, 6.07) is 0. The number of rotatable bonds is 4. The first kappa shape index (κ1) is 12.4. The number of carbonyl (C=O) groups excluding carboxylic acids is 1. The van der Waals surface area contributed by atoms with Crippen molar-refractivity contribution < 1.29 is 9.18 Å². The van der Waals surface area contributed by atoms with Gasteiger partial charge in [0.25, 0.3) is 5.91 Å². The predicted molar refractivity (Wildman–Crippen MR) is 58.5 cm³/mol. The van der Waals surface area contributed by atoms with Crippen LogP contribution < -0.4 is 5.73 Å². The van der Waals surface area contributed by atoms with Crippen molar-refractivity contribution in [2.75, 3.05) is 20.6 Å². The topological polar surface area (TPSA) is 64.2 Å². The highest BCUT2D eigenvalue weighted by atomic mass is 19.1. The van der Waals surface area contributed by atoms with E-state index in [2.05, 4.69) is 5.10 Å². The fraction of sp³-hybridized carbons (Fsp3) is 0.400. The summed E-state index contributed by atoms with van der Waals surface area (Å²) in [5, 5.41) is 3.96. The normalized spacial score (nSPS) is 11.6. The van der Waals surface area contributed by atoms with Crippen LogP contribution in [0.15, 0.2) is 24.3 Å².